The van der Waals surface area contributed by atoms with Gasteiger partial charge in [-0.05, 0) is 31.0 Å². The maximum atomic E-state index is 11.4. The molecule has 1 rings (SSSR count). The summed E-state index contributed by atoms with van der Waals surface area (Å²) in [7, 11) is 0. The Kier molecular flexibility index (Phi) is 4.14. The lowest BCUT2D eigenvalue weighted by Crippen LogP contribution is -2.06. The number of aryl methyl sites for hydroxylation is 1. The van der Waals surface area contributed by atoms with E-state index in [1.807, 2.05) is 25.1 Å². The molecule has 0 N–H and O–H groups in total. The molecule has 76 valence electrons. The van der Waals surface area contributed by atoms with E-state index in [0.717, 1.165) is 16.5 Å². The second-order valence-electron chi connectivity index (χ2n) is 3.00. The number of ether oxygens (including phenoxy) is 1. The molecule has 0 aliphatic carbocycles. The molecule has 0 unspecified atom stereocenters. The van der Waals surface area contributed by atoms with Crippen molar-refractivity contribution in [3.63, 3.8) is 0 Å². The van der Waals surface area contributed by atoms with Crippen LogP contribution in [-0.4, -0.2) is 12.6 Å². The lowest BCUT2D eigenvalue weighted by Gasteiger charge is -2.06. The van der Waals surface area contributed by atoms with E-state index < -0.39 is 0 Å². The van der Waals surface area contributed by atoms with Gasteiger partial charge in [0.1, 0.15) is 0 Å². The summed E-state index contributed by atoms with van der Waals surface area (Å²) in [6, 6.07) is 5.72. The van der Waals surface area contributed by atoms with Gasteiger partial charge in [-0.15, -0.1) is 0 Å². The van der Waals surface area contributed by atoms with Gasteiger partial charge in [-0.3, -0.25) is 0 Å². The third-order valence-corrected chi connectivity index (χ3v) is 2.59. The molecule has 0 aliphatic heterocycles. The van der Waals surface area contributed by atoms with Crippen LogP contribution in [0.4, 0.5) is 0 Å². The van der Waals surface area contributed by atoms with Gasteiger partial charge in [-0.2, -0.15) is 0 Å². The zero-order chi connectivity index (χ0) is 10.6. The number of alkyl halides is 1. The van der Waals surface area contributed by atoms with Crippen molar-refractivity contribution in [3.8, 4) is 0 Å². The van der Waals surface area contributed by atoms with Crippen LogP contribution in [-0.2, 0) is 10.1 Å². The zero-order valence-electron chi connectivity index (χ0n) is 8.34. The summed E-state index contributed by atoms with van der Waals surface area (Å²) in [6.07, 6.45) is 0. The van der Waals surface area contributed by atoms with Crippen molar-refractivity contribution in [1.82, 2.24) is 0 Å². The topological polar surface area (TPSA) is 26.3 Å². The lowest BCUT2D eigenvalue weighted by atomic mass is 10.1. The van der Waals surface area contributed by atoms with Gasteiger partial charge in [0.15, 0.2) is 0 Å². The Labute approximate surface area is 92.4 Å². The van der Waals surface area contributed by atoms with Gasteiger partial charge in [0.05, 0.1) is 12.2 Å². The van der Waals surface area contributed by atoms with Crippen LogP contribution < -0.4 is 0 Å². The van der Waals surface area contributed by atoms with Crippen molar-refractivity contribution in [2.45, 2.75) is 19.2 Å². The van der Waals surface area contributed by atoms with Crippen LogP contribution in [0.3, 0.4) is 0 Å². The first-order valence-electron chi connectivity index (χ1n) is 4.51. The number of esters is 1. The highest BCUT2D eigenvalue weighted by Crippen LogP contribution is 2.14. The van der Waals surface area contributed by atoms with Crippen LogP contribution in [0, 0.1) is 6.92 Å². The van der Waals surface area contributed by atoms with Crippen molar-refractivity contribution in [1.29, 1.82) is 0 Å². The minimum absolute atomic E-state index is 0.244. The smallest absolute Gasteiger partial charge is 0.338 e. The molecule has 14 heavy (non-hydrogen) atoms. The predicted molar refractivity (Wildman–Crippen MR) is 59.8 cm³/mol. The van der Waals surface area contributed by atoms with Gasteiger partial charge in [-0.25, -0.2) is 4.79 Å². The first-order valence-corrected chi connectivity index (χ1v) is 5.63. The molecule has 0 amide bonds. The van der Waals surface area contributed by atoms with Crippen molar-refractivity contribution in [3.05, 3.63) is 34.9 Å². The Balaban J connectivity index is 2.94. The summed E-state index contributed by atoms with van der Waals surface area (Å²) >= 11 is 3.37. The van der Waals surface area contributed by atoms with Gasteiger partial charge in [0.25, 0.3) is 0 Å². The molecule has 3 heteroatoms. The highest BCUT2D eigenvalue weighted by atomic mass is 79.9. The molecule has 0 saturated heterocycles. The second-order valence-corrected chi connectivity index (χ2v) is 3.56. The number of carbonyl (C=O) groups is 1. The van der Waals surface area contributed by atoms with Crippen LogP contribution in [0.2, 0.25) is 0 Å². The standard InChI is InChI=1S/C11H13BrO2/c1-3-14-11(13)10-5-4-9(7-12)6-8(10)2/h4-6H,3,7H2,1-2H3. The molecular weight excluding hydrogens is 244 g/mol. The zero-order valence-corrected chi connectivity index (χ0v) is 9.93. The van der Waals surface area contributed by atoms with Crippen molar-refractivity contribution in [2.24, 2.45) is 0 Å². The van der Waals surface area contributed by atoms with E-state index in [9.17, 15) is 4.79 Å². The molecule has 0 bridgehead atoms. The SMILES string of the molecule is CCOC(=O)c1ccc(CBr)cc1C. The van der Waals surface area contributed by atoms with Crippen LogP contribution in [0.25, 0.3) is 0 Å². The van der Waals surface area contributed by atoms with E-state index >= 15 is 0 Å². The summed E-state index contributed by atoms with van der Waals surface area (Å²) in [5.41, 5.74) is 2.77. The van der Waals surface area contributed by atoms with Gasteiger partial charge in [0, 0.05) is 5.33 Å². The largest absolute Gasteiger partial charge is 0.462 e. The van der Waals surface area contributed by atoms with Crippen molar-refractivity contribution in [2.75, 3.05) is 6.61 Å². The molecule has 0 saturated carbocycles. The van der Waals surface area contributed by atoms with Crippen LogP contribution in [0.15, 0.2) is 18.2 Å². The number of benzene rings is 1. The molecule has 2 nitrogen and oxygen atoms in total. The van der Waals surface area contributed by atoms with E-state index in [4.69, 9.17) is 4.74 Å². The number of carbonyl (C=O) groups excluding carboxylic acids is 1. The molecule has 0 atom stereocenters. The maximum absolute atomic E-state index is 11.4. The highest BCUT2D eigenvalue weighted by Gasteiger charge is 2.09. The van der Waals surface area contributed by atoms with Crippen LogP contribution >= 0.6 is 15.9 Å². The number of halogens is 1. The van der Waals surface area contributed by atoms with E-state index in [1.165, 1.54) is 0 Å². The molecule has 1 aromatic carbocycles. The highest BCUT2D eigenvalue weighted by molar-refractivity contribution is 9.08. The Morgan fingerprint density at radius 3 is 2.71 bits per heavy atom. The third-order valence-electron chi connectivity index (χ3n) is 1.94. The van der Waals surface area contributed by atoms with Crippen LogP contribution in [0.1, 0.15) is 28.4 Å². The normalized spacial score (nSPS) is 9.93. The molecule has 0 radical (unpaired) electrons. The molecule has 0 aliphatic rings. The number of hydrogen-bond donors (Lipinski definition) is 0. The van der Waals surface area contributed by atoms with E-state index in [2.05, 4.69) is 15.9 Å². The minimum atomic E-state index is -0.244. The second kappa shape index (κ2) is 5.15. The Morgan fingerprint density at radius 1 is 1.50 bits per heavy atom. The van der Waals surface area contributed by atoms with Gasteiger partial charge in [0.2, 0.25) is 0 Å². The summed E-state index contributed by atoms with van der Waals surface area (Å²) in [5.74, 6) is -0.244. The maximum Gasteiger partial charge on any atom is 0.338 e. The molecule has 0 fully saturated rings. The molecule has 0 spiro atoms. The van der Waals surface area contributed by atoms with Crippen molar-refractivity contribution >= 4 is 21.9 Å². The quantitative estimate of drug-likeness (QED) is 0.614. The number of hydrogen-bond acceptors (Lipinski definition) is 2. The monoisotopic (exact) mass is 256 g/mol. The fourth-order valence-electron chi connectivity index (χ4n) is 1.25. The lowest BCUT2D eigenvalue weighted by molar-refractivity contribution is 0.0525. The molecule has 1 aromatic rings. The Hall–Kier alpha value is -0.830. The van der Waals surface area contributed by atoms with Crippen LogP contribution in [0.5, 0.6) is 0 Å². The minimum Gasteiger partial charge on any atom is -0.462 e. The van der Waals surface area contributed by atoms with Gasteiger partial charge in [-0.1, -0.05) is 28.1 Å². The van der Waals surface area contributed by atoms with Gasteiger partial charge < -0.3 is 4.74 Å². The average Bonchev–Trinajstić information content (AvgIpc) is 2.17. The first kappa shape index (κ1) is 11.2. The predicted octanol–water partition coefficient (Wildman–Crippen LogP) is 3.07. The summed E-state index contributed by atoms with van der Waals surface area (Å²) in [5, 5.41) is 0.803. The Morgan fingerprint density at radius 2 is 2.21 bits per heavy atom. The first-order chi connectivity index (χ1) is 6.69. The average molecular weight is 257 g/mol. The fraction of sp³-hybridized carbons (Fsp3) is 0.364. The van der Waals surface area contributed by atoms with E-state index in [-0.39, 0.29) is 5.97 Å². The molecule has 0 aromatic heterocycles. The Bertz CT molecular complexity index is 334. The van der Waals surface area contributed by atoms with Crippen molar-refractivity contribution < 1.29 is 9.53 Å². The number of rotatable bonds is 3. The summed E-state index contributed by atoms with van der Waals surface area (Å²) in [4.78, 5) is 11.4. The summed E-state index contributed by atoms with van der Waals surface area (Å²) < 4.78 is 4.93. The fourth-order valence-corrected chi connectivity index (χ4v) is 1.60. The third kappa shape index (κ3) is 2.58. The van der Waals surface area contributed by atoms with E-state index in [1.54, 1.807) is 6.92 Å². The van der Waals surface area contributed by atoms with Gasteiger partial charge >= 0.3 is 5.97 Å². The molecular formula is C11H13BrO2. The summed E-state index contributed by atoms with van der Waals surface area (Å²) in [6.45, 7) is 4.14. The van der Waals surface area contributed by atoms with E-state index in [0.29, 0.717) is 12.2 Å². The molecule has 0 heterocycles.